The lowest BCUT2D eigenvalue weighted by Crippen LogP contribution is -2.53. The zero-order chi connectivity index (χ0) is 30.2. The van der Waals surface area contributed by atoms with Gasteiger partial charge in [0.05, 0.1) is 11.9 Å². The maximum Gasteiger partial charge on any atom is 0.244 e. The van der Waals surface area contributed by atoms with Crippen LogP contribution in [0, 0.1) is 0 Å². The molecule has 0 heterocycles. The first-order chi connectivity index (χ1) is 19.4. The molecule has 0 saturated heterocycles. The van der Waals surface area contributed by atoms with Crippen molar-refractivity contribution in [2.75, 3.05) is 23.7 Å². The van der Waals surface area contributed by atoms with E-state index in [-0.39, 0.29) is 24.8 Å². The summed E-state index contributed by atoms with van der Waals surface area (Å²) in [5.74, 6) is -0.653. The smallest absolute Gasteiger partial charge is 0.244 e. The van der Waals surface area contributed by atoms with E-state index >= 15 is 0 Å². The number of halogens is 2. The summed E-state index contributed by atoms with van der Waals surface area (Å²) in [5.41, 5.74) is 2.71. The van der Waals surface area contributed by atoms with E-state index in [0.717, 1.165) is 21.7 Å². The number of sulfonamides is 1. The summed E-state index contributed by atoms with van der Waals surface area (Å²) in [6.07, 6.45) is 1.98. The van der Waals surface area contributed by atoms with Gasteiger partial charge in [-0.2, -0.15) is 0 Å². The maximum absolute atomic E-state index is 14.1. The molecule has 0 bridgehead atoms. The summed E-state index contributed by atoms with van der Waals surface area (Å²) in [7, 11) is -3.85. The normalized spacial score (nSPS) is 12.2. The van der Waals surface area contributed by atoms with E-state index < -0.39 is 28.5 Å². The number of carbonyl (C=O) groups excluding carboxylic acids is 2. The summed E-state index contributed by atoms with van der Waals surface area (Å²) >= 11 is 13.0. The number of hydrogen-bond acceptors (Lipinski definition) is 4. The third-order valence-corrected chi connectivity index (χ3v) is 8.59. The van der Waals surface area contributed by atoms with Crippen LogP contribution in [-0.2, 0) is 32.6 Å². The average molecular weight is 619 g/mol. The van der Waals surface area contributed by atoms with Crippen molar-refractivity contribution in [1.29, 1.82) is 0 Å². The Morgan fingerprint density at radius 3 is 2.05 bits per heavy atom. The molecule has 0 aliphatic carbocycles. The predicted molar refractivity (Wildman–Crippen MR) is 167 cm³/mol. The molecule has 0 spiro atoms. The molecule has 0 saturated carbocycles. The monoisotopic (exact) mass is 617 g/mol. The molecule has 0 aliphatic heterocycles. The van der Waals surface area contributed by atoms with Crippen LogP contribution in [0.2, 0.25) is 10.0 Å². The number of hydrogen-bond donors (Lipinski definition) is 1. The fraction of sp³-hybridized carbons (Fsp3) is 0.355. The van der Waals surface area contributed by atoms with Gasteiger partial charge in [-0.05, 0) is 47.7 Å². The quantitative estimate of drug-likeness (QED) is 0.253. The van der Waals surface area contributed by atoms with Crippen molar-refractivity contribution < 1.29 is 18.0 Å². The molecule has 1 atom stereocenters. The van der Waals surface area contributed by atoms with Gasteiger partial charge in [-0.15, -0.1) is 0 Å². The van der Waals surface area contributed by atoms with E-state index in [1.165, 1.54) is 4.90 Å². The average Bonchev–Trinajstić information content (AvgIpc) is 2.93. The Morgan fingerprint density at radius 2 is 1.51 bits per heavy atom. The van der Waals surface area contributed by atoms with Crippen LogP contribution < -0.4 is 9.62 Å². The van der Waals surface area contributed by atoms with Crippen molar-refractivity contribution in [2.24, 2.45) is 0 Å². The number of amides is 2. The lowest BCUT2D eigenvalue weighted by Gasteiger charge is -2.34. The second-order valence-electron chi connectivity index (χ2n) is 10.2. The zero-order valence-corrected chi connectivity index (χ0v) is 26.1. The third-order valence-electron chi connectivity index (χ3n) is 6.74. The number of benzene rings is 3. The highest BCUT2D eigenvalue weighted by Crippen LogP contribution is 2.28. The molecule has 2 amide bonds. The Labute approximate surface area is 253 Å². The largest absolute Gasteiger partial charge is 0.354 e. The Bertz CT molecular complexity index is 1410. The van der Waals surface area contributed by atoms with Gasteiger partial charge in [0.1, 0.15) is 12.6 Å². The van der Waals surface area contributed by atoms with E-state index in [1.54, 1.807) is 30.3 Å². The second-order valence-corrected chi connectivity index (χ2v) is 13.0. The fourth-order valence-corrected chi connectivity index (χ4v) is 5.78. The highest BCUT2D eigenvalue weighted by atomic mass is 35.5. The number of nitrogens with one attached hydrogen (secondary N) is 1. The highest BCUT2D eigenvalue weighted by molar-refractivity contribution is 7.92. The minimum absolute atomic E-state index is 0.0850. The first-order valence-corrected chi connectivity index (χ1v) is 16.1. The molecule has 0 aromatic heterocycles. The highest BCUT2D eigenvalue weighted by Gasteiger charge is 2.33. The van der Waals surface area contributed by atoms with Gasteiger partial charge in [-0.3, -0.25) is 13.9 Å². The fourth-order valence-electron chi connectivity index (χ4n) is 4.41. The van der Waals surface area contributed by atoms with E-state index in [1.807, 2.05) is 63.2 Å². The van der Waals surface area contributed by atoms with Crippen molar-refractivity contribution in [1.82, 2.24) is 10.2 Å². The molecule has 3 aromatic carbocycles. The zero-order valence-electron chi connectivity index (χ0n) is 23.8. The SMILES string of the molecule is CCCNC(=O)[C@@H](Cc1ccccc1)N(Cc1c(Cl)cccc1Cl)C(=O)CN(c1ccc(C(C)C)cc1)S(C)(=O)=O. The van der Waals surface area contributed by atoms with E-state index in [9.17, 15) is 18.0 Å². The lowest BCUT2D eigenvalue weighted by molar-refractivity contribution is -0.140. The van der Waals surface area contributed by atoms with E-state index in [2.05, 4.69) is 5.32 Å². The second kappa shape index (κ2) is 14.7. The molecule has 0 fully saturated rings. The van der Waals surface area contributed by atoms with Gasteiger partial charge in [0.25, 0.3) is 0 Å². The summed E-state index contributed by atoms with van der Waals surface area (Å²) < 4.78 is 26.9. The Kier molecular flexibility index (Phi) is 11.6. The van der Waals surface area contributed by atoms with Gasteiger partial charge >= 0.3 is 0 Å². The molecule has 41 heavy (non-hydrogen) atoms. The van der Waals surface area contributed by atoms with Gasteiger partial charge < -0.3 is 10.2 Å². The topological polar surface area (TPSA) is 86.8 Å². The molecule has 10 heteroatoms. The van der Waals surface area contributed by atoms with Crippen LogP contribution in [0.4, 0.5) is 5.69 Å². The molecule has 3 rings (SSSR count). The molecule has 7 nitrogen and oxygen atoms in total. The third kappa shape index (κ3) is 8.96. The van der Waals surface area contributed by atoms with Crippen LogP contribution in [0.5, 0.6) is 0 Å². The molecule has 3 aromatic rings. The molecular weight excluding hydrogens is 581 g/mol. The van der Waals surface area contributed by atoms with Crippen LogP contribution in [0.1, 0.15) is 49.8 Å². The van der Waals surface area contributed by atoms with Gasteiger partial charge in [0.15, 0.2) is 0 Å². The standard InChI is InChI=1S/C31H37Cl2N3O4S/c1-5-18-34-31(38)29(19-23-10-7-6-8-11-23)35(20-26-27(32)12-9-13-28(26)33)30(37)21-36(41(4,39)40)25-16-14-24(15-17-25)22(2)3/h6-17,22,29H,5,18-21H2,1-4H3,(H,34,38)/t29-/m1/s1. The Hall–Kier alpha value is -3.07. The molecular formula is C31H37Cl2N3O4S. The minimum Gasteiger partial charge on any atom is -0.354 e. The van der Waals surface area contributed by atoms with Crippen LogP contribution >= 0.6 is 23.2 Å². The molecule has 1 N–H and O–H groups in total. The maximum atomic E-state index is 14.1. The lowest BCUT2D eigenvalue weighted by atomic mass is 10.0. The van der Waals surface area contributed by atoms with Crippen LogP contribution in [0.15, 0.2) is 72.8 Å². The number of nitrogens with zero attached hydrogens (tertiary/aromatic N) is 2. The Balaban J connectivity index is 2.07. The first-order valence-electron chi connectivity index (χ1n) is 13.5. The van der Waals surface area contributed by atoms with Gasteiger partial charge in [-0.25, -0.2) is 8.42 Å². The number of anilines is 1. The van der Waals surface area contributed by atoms with Gasteiger partial charge in [0, 0.05) is 35.1 Å². The molecule has 0 radical (unpaired) electrons. The van der Waals surface area contributed by atoms with Crippen molar-refractivity contribution in [3.05, 3.63) is 99.5 Å². The summed E-state index contributed by atoms with van der Waals surface area (Å²) in [6, 6.07) is 20.5. The molecule has 220 valence electrons. The molecule has 0 aliphatic rings. The number of carbonyl (C=O) groups is 2. The van der Waals surface area contributed by atoms with Crippen LogP contribution in [0.3, 0.4) is 0 Å². The molecule has 0 unspecified atom stereocenters. The number of rotatable bonds is 13. The van der Waals surface area contributed by atoms with E-state index in [0.29, 0.717) is 34.3 Å². The van der Waals surface area contributed by atoms with Gasteiger partial charge in [-0.1, -0.05) is 92.5 Å². The first kappa shape index (κ1) is 32.4. The van der Waals surface area contributed by atoms with Crippen molar-refractivity contribution >= 4 is 50.7 Å². The Morgan fingerprint density at radius 1 is 0.902 bits per heavy atom. The van der Waals surface area contributed by atoms with E-state index in [4.69, 9.17) is 23.2 Å². The van der Waals surface area contributed by atoms with Gasteiger partial charge in [0.2, 0.25) is 21.8 Å². The summed E-state index contributed by atoms with van der Waals surface area (Å²) in [5, 5.41) is 3.58. The minimum atomic E-state index is -3.85. The van der Waals surface area contributed by atoms with Crippen molar-refractivity contribution in [2.45, 2.75) is 52.1 Å². The summed E-state index contributed by atoms with van der Waals surface area (Å²) in [4.78, 5) is 29.1. The predicted octanol–water partition coefficient (Wildman–Crippen LogP) is 6.05. The van der Waals surface area contributed by atoms with Crippen molar-refractivity contribution in [3.63, 3.8) is 0 Å². The van der Waals surface area contributed by atoms with Crippen molar-refractivity contribution in [3.8, 4) is 0 Å². The van der Waals surface area contributed by atoms with Crippen LogP contribution in [-0.4, -0.2) is 50.5 Å². The summed E-state index contributed by atoms with van der Waals surface area (Å²) in [6.45, 7) is 5.86. The van der Waals surface area contributed by atoms with Crippen LogP contribution in [0.25, 0.3) is 0 Å².